The zero-order valence-corrected chi connectivity index (χ0v) is 12.4. The molecular formula is C17H22O4. The molecule has 0 bridgehead atoms. The number of para-hydroxylation sites is 1. The van der Waals surface area contributed by atoms with E-state index in [4.69, 9.17) is 9.47 Å². The molecular weight excluding hydrogens is 268 g/mol. The van der Waals surface area contributed by atoms with Crippen molar-refractivity contribution in [2.24, 2.45) is 5.41 Å². The number of aliphatic carboxylic acids is 1. The number of hydrogen-bond acceptors (Lipinski definition) is 3. The third kappa shape index (κ3) is 2.53. The highest BCUT2D eigenvalue weighted by Crippen LogP contribution is 2.45. The first-order valence-corrected chi connectivity index (χ1v) is 7.59. The maximum Gasteiger partial charge on any atom is 0.314 e. The van der Waals surface area contributed by atoms with Crippen molar-refractivity contribution in [1.82, 2.24) is 0 Å². The molecule has 0 atom stereocenters. The second-order valence-corrected chi connectivity index (χ2v) is 6.68. The van der Waals surface area contributed by atoms with Gasteiger partial charge in [0.15, 0.2) is 0 Å². The highest BCUT2D eigenvalue weighted by molar-refractivity contribution is 5.83. The first-order valence-electron chi connectivity index (χ1n) is 7.59. The quantitative estimate of drug-likeness (QED) is 0.905. The lowest BCUT2D eigenvalue weighted by atomic mass is 9.78. The first kappa shape index (κ1) is 14.4. The number of benzene rings is 1. The molecule has 0 spiro atoms. The molecule has 1 saturated heterocycles. The van der Waals surface area contributed by atoms with Crippen molar-refractivity contribution >= 4 is 5.97 Å². The Morgan fingerprint density at radius 2 is 1.95 bits per heavy atom. The fourth-order valence-electron chi connectivity index (χ4n) is 3.35. The van der Waals surface area contributed by atoms with E-state index in [1.54, 1.807) is 0 Å². The summed E-state index contributed by atoms with van der Waals surface area (Å²) >= 11 is 0. The van der Waals surface area contributed by atoms with Gasteiger partial charge in [0.25, 0.3) is 0 Å². The fraction of sp³-hybridized carbons (Fsp3) is 0.588. The second kappa shape index (κ2) is 5.34. The van der Waals surface area contributed by atoms with Gasteiger partial charge in [0.1, 0.15) is 5.75 Å². The Kier molecular flexibility index (Phi) is 3.66. The van der Waals surface area contributed by atoms with Crippen LogP contribution >= 0.6 is 0 Å². The minimum Gasteiger partial charge on any atom is -0.493 e. The van der Waals surface area contributed by atoms with E-state index in [0.29, 0.717) is 32.7 Å². The molecule has 4 nitrogen and oxygen atoms in total. The van der Waals surface area contributed by atoms with Gasteiger partial charge in [-0.05, 0) is 18.9 Å². The Bertz CT molecular complexity index is 527. The van der Waals surface area contributed by atoms with Gasteiger partial charge in [-0.15, -0.1) is 0 Å². The van der Waals surface area contributed by atoms with Crippen molar-refractivity contribution < 1.29 is 19.4 Å². The predicted octanol–water partition coefficient (Wildman–Crippen LogP) is 3.00. The summed E-state index contributed by atoms with van der Waals surface area (Å²) in [5.41, 5.74) is 0.117. The van der Waals surface area contributed by atoms with E-state index in [0.717, 1.165) is 24.2 Å². The molecule has 1 aromatic rings. The maximum absolute atomic E-state index is 11.9. The van der Waals surface area contributed by atoms with E-state index < -0.39 is 11.4 Å². The molecule has 1 aliphatic heterocycles. The Balaban J connectivity index is 1.86. The lowest BCUT2D eigenvalue weighted by Crippen LogP contribution is -2.44. The van der Waals surface area contributed by atoms with E-state index in [9.17, 15) is 9.90 Å². The average Bonchev–Trinajstić information content (AvgIpc) is 2.94. The van der Waals surface area contributed by atoms with Gasteiger partial charge >= 0.3 is 5.97 Å². The molecule has 1 aromatic carbocycles. The van der Waals surface area contributed by atoms with Crippen molar-refractivity contribution in [1.29, 1.82) is 0 Å². The second-order valence-electron chi connectivity index (χ2n) is 6.68. The number of carbonyl (C=O) groups is 1. The molecule has 0 aromatic heterocycles. The zero-order valence-electron chi connectivity index (χ0n) is 12.4. The summed E-state index contributed by atoms with van der Waals surface area (Å²) in [5.74, 6) is -0.0100. The van der Waals surface area contributed by atoms with E-state index in [-0.39, 0.29) is 5.41 Å². The summed E-state index contributed by atoms with van der Waals surface area (Å²) in [4.78, 5) is 11.9. The lowest BCUT2D eigenvalue weighted by molar-refractivity contribution is -0.143. The third-order valence-electron chi connectivity index (χ3n) is 4.75. The van der Waals surface area contributed by atoms with Crippen LogP contribution < -0.4 is 4.74 Å². The number of hydrogen-bond donors (Lipinski definition) is 1. The van der Waals surface area contributed by atoms with Gasteiger partial charge in [-0.2, -0.15) is 0 Å². The fourth-order valence-corrected chi connectivity index (χ4v) is 3.35. The minimum absolute atomic E-state index is 0.0547. The van der Waals surface area contributed by atoms with Crippen LogP contribution in [0, 0.1) is 5.41 Å². The summed E-state index contributed by atoms with van der Waals surface area (Å²) in [6.45, 7) is 4.11. The zero-order chi connectivity index (χ0) is 14.9. The van der Waals surface area contributed by atoms with Crippen molar-refractivity contribution in [3.8, 4) is 5.75 Å². The topological polar surface area (TPSA) is 55.8 Å². The number of ether oxygens (including phenoxy) is 2. The first-order chi connectivity index (χ1) is 10.1. The summed E-state index contributed by atoms with van der Waals surface area (Å²) in [5, 5.41) is 9.75. The van der Waals surface area contributed by atoms with Crippen molar-refractivity contribution in [2.45, 2.75) is 38.0 Å². The molecule has 1 N–H and O–H groups in total. The summed E-state index contributed by atoms with van der Waals surface area (Å²) in [7, 11) is 0. The van der Waals surface area contributed by atoms with E-state index in [1.165, 1.54) is 0 Å². The molecule has 2 fully saturated rings. The van der Waals surface area contributed by atoms with Crippen LogP contribution in [0.1, 0.15) is 38.2 Å². The molecule has 1 saturated carbocycles. The van der Waals surface area contributed by atoms with Crippen LogP contribution in [0.3, 0.4) is 0 Å². The molecule has 0 radical (unpaired) electrons. The van der Waals surface area contributed by atoms with Crippen molar-refractivity contribution in [3.63, 3.8) is 0 Å². The van der Waals surface area contributed by atoms with Gasteiger partial charge in [0.05, 0.1) is 25.2 Å². The van der Waals surface area contributed by atoms with Crippen LogP contribution in [-0.4, -0.2) is 30.9 Å². The molecule has 1 aliphatic carbocycles. The highest BCUT2D eigenvalue weighted by Gasteiger charge is 2.45. The summed E-state index contributed by atoms with van der Waals surface area (Å²) < 4.78 is 11.2. The van der Waals surface area contributed by atoms with E-state index >= 15 is 0 Å². The Hall–Kier alpha value is -1.55. The van der Waals surface area contributed by atoms with Gasteiger partial charge in [0, 0.05) is 11.0 Å². The van der Waals surface area contributed by atoms with Gasteiger partial charge in [-0.3, -0.25) is 4.79 Å². The highest BCUT2D eigenvalue weighted by atomic mass is 16.5. The molecule has 0 amide bonds. The Morgan fingerprint density at radius 3 is 2.52 bits per heavy atom. The number of carboxylic acid groups (broad SMARTS) is 1. The SMILES string of the molecule is CC1(COc2ccccc2C2(C(=O)O)CCCC2)COC1. The van der Waals surface area contributed by atoms with Gasteiger partial charge < -0.3 is 14.6 Å². The molecule has 1 heterocycles. The predicted molar refractivity (Wildman–Crippen MR) is 78.6 cm³/mol. The van der Waals surface area contributed by atoms with Crippen LogP contribution in [-0.2, 0) is 14.9 Å². The standard InChI is InChI=1S/C17H22O4/c1-16(10-20-11-16)12-21-14-7-3-2-6-13(14)17(15(18)19)8-4-5-9-17/h2-3,6-7H,4-5,8-12H2,1H3,(H,18,19). The number of carboxylic acids is 1. The molecule has 3 rings (SSSR count). The molecule has 21 heavy (non-hydrogen) atoms. The molecule has 114 valence electrons. The Morgan fingerprint density at radius 1 is 1.29 bits per heavy atom. The van der Waals surface area contributed by atoms with Gasteiger partial charge in [-0.25, -0.2) is 0 Å². The van der Waals surface area contributed by atoms with Gasteiger partial charge in [-0.1, -0.05) is 38.0 Å². The van der Waals surface area contributed by atoms with Crippen LogP contribution in [0.2, 0.25) is 0 Å². The lowest BCUT2D eigenvalue weighted by Gasteiger charge is -2.38. The Labute approximate surface area is 125 Å². The van der Waals surface area contributed by atoms with Crippen LogP contribution in [0.5, 0.6) is 5.75 Å². The minimum atomic E-state index is -0.770. The largest absolute Gasteiger partial charge is 0.493 e. The van der Waals surface area contributed by atoms with Crippen LogP contribution in [0.25, 0.3) is 0 Å². The van der Waals surface area contributed by atoms with Gasteiger partial charge in [0.2, 0.25) is 0 Å². The van der Waals surface area contributed by atoms with E-state index in [1.807, 2.05) is 24.3 Å². The summed E-state index contributed by atoms with van der Waals surface area (Å²) in [6.07, 6.45) is 3.32. The third-order valence-corrected chi connectivity index (χ3v) is 4.75. The molecule has 0 unspecified atom stereocenters. The number of rotatable bonds is 5. The average molecular weight is 290 g/mol. The maximum atomic E-state index is 11.9. The monoisotopic (exact) mass is 290 g/mol. The molecule has 2 aliphatic rings. The van der Waals surface area contributed by atoms with Crippen LogP contribution in [0.15, 0.2) is 24.3 Å². The summed E-state index contributed by atoms with van der Waals surface area (Å²) in [6, 6.07) is 7.61. The molecule has 4 heteroatoms. The van der Waals surface area contributed by atoms with Crippen molar-refractivity contribution in [3.05, 3.63) is 29.8 Å². The normalized spacial score (nSPS) is 22.5. The van der Waals surface area contributed by atoms with Crippen LogP contribution in [0.4, 0.5) is 0 Å². The van der Waals surface area contributed by atoms with Crippen molar-refractivity contribution in [2.75, 3.05) is 19.8 Å². The smallest absolute Gasteiger partial charge is 0.314 e. The van der Waals surface area contributed by atoms with E-state index in [2.05, 4.69) is 6.92 Å².